The van der Waals surface area contributed by atoms with Gasteiger partial charge in [-0.15, -0.1) is 0 Å². The SMILES string of the molecule is O=C(NCCS(=O)(=O)N1CCc2ccccc21)c1cccc(Cl)c1Cl. The van der Waals surface area contributed by atoms with Crippen LogP contribution in [0.15, 0.2) is 42.5 Å². The molecule has 1 N–H and O–H groups in total. The van der Waals surface area contributed by atoms with Crippen molar-refractivity contribution < 1.29 is 13.2 Å². The van der Waals surface area contributed by atoms with Gasteiger partial charge in [0.25, 0.3) is 5.91 Å². The summed E-state index contributed by atoms with van der Waals surface area (Å²) in [4.78, 5) is 12.2. The molecule has 0 spiro atoms. The molecule has 132 valence electrons. The summed E-state index contributed by atoms with van der Waals surface area (Å²) in [5.41, 5.74) is 1.95. The van der Waals surface area contributed by atoms with Gasteiger partial charge < -0.3 is 5.32 Å². The van der Waals surface area contributed by atoms with Crippen LogP contribution in [0.25, 0.3) is 0 Å². The van der Waals surface area contributed by atoms with Crippen molar-refractivity contribution >= 4 is 44.8 Å². The molecular formula is C17H16Cl2N2O3S. The molecule has 0 aliphatic carbocycles. The molecular weight excluding hydrogens is 383 g/mol. The molecule has 0 fully saturated rings. The fourth-order valence-electron chi connectivity index (χ4n) is 2.78. The van der Waals surface area contributed by atoms with Crippen molar-refractivity contribution in [2.75, 3.05) is 23.1 Å². The lowest BCUT2D eigenvalue weighted by Gasteiger charge is -2.19. The molecule has 0 atom stereocenters. The van der Waals surface area contributed by atoms with Gasteiger partial charge >= 0.3 is 0 Å². The fraction of sp³-hybridized carbons (Fsp3) is 0.235. The highest BCUT2D eigenvalue weighted by molar-refractivity contribution is 7.92. The number of rotatable bonds is 5. The van der Waals surface area contributed by atoms with Crippen molar-refractivity contribution in [3.05, 3.63) is 63.6 Å². The number of sulfonamides is 1. The Hall–Kier alpha value is -1.76. The molecule has 2 aromatic carbocycles. The highest BCUT2D eigenvalue weighted by Gasteiger charge is 2.28. The zero-order valence-electron chi connectivity index (χ0n) is 13.2. The average molecular weight is 399 g/mol. The highest BCUT2D eigenvalue weighted by atomic mass is 35.5. The lowest BCUT2D eigenvalue weighted by atomic mass is 10.2. The van der Waals surface area contributed by atoms with E-state index in [-0.39, 0.29) is 27.9 Å². The Balaban J connectivity index is 1.64. The number of para-hydroxylation sites is 1. The van der Waals surface area contributed by atoms with Crippen LogP contribution in [0.4, 0.5) is 5.69 Å². The molecule has 0 saturated carbocycles. The maximum atomic E-state index is 12.6. The average Bonchev–Trinajstić information content (AvgIpc) is 3.02. The standard InChI is InChI=1S/C17H16Cl2N2O3S/c18-14-6-3-5-13(16(14)19)17(22)20-9-11-25(23,24)21-10-8-12-4-1-2-7-15(12)21/h1-7H,8-11H2,(H,20,22). The van der Waals surface area contributed by atoms with Crippen LogP contribution in [-0.4, -0.2) is 33.2 Å². The van der Waals surface area contributed by atoms with E-state index in [4.69, 9.17) is 23.2 Å². The van der Waals surface area contributed by atoms with E-state index in [1.165, 1.54) is 10.4 Å². The van der Waals surface area contributed by atoms with Gasteiger partial charge in [-0.3, -0.25) is 9.10 Å². The van der Waals surface area contributed by atoms with Gasteiger partial charge in [-0.1, -0.05) is 47.5 Å². The Bertz CT molecular complexity index is 916. The Morgan fingerprint density at radius 2 is 1.88 bits per heavy atom. The molecule has 5 nitrogen and oxygen atoms in total. The van der Waals surface area contributed by atoms with Crippen LogP contribution in [0.2, 0.25) is 10.0 Å². The summed E-state index contributed by atoms with van der Waals surface area (Å²) in [5.74, 6) is -0.643. The Labute approximate surface area is 156 Å². The van der Waals surface area contributed by atoms with Gasteiger partial charge in [-0.05, 0) is 30.2 Å². The maximum Gasteiger partial charge on any atom is 0.252 e. The second kappa shape index (κ2) is 7.23. The fourth-order valence-corrected chi connectivity index (χ4v) is 4.59. The van der Waals surface area contributed by atoms with Crippen molar-refractivity contribution in [2.24, 2.45) is 0 Å². The Morgan fingerprint density at radius 1 is 1.12 bits per heavy atom. The lowest BCUT2D eigenvalue weighted by molar-refractivity contribution is 0.0956. The summed E-state index contributed by atoms with van der Waals surface area (Å²) in [6.45, 7) is 0.415. The van der Waals surface area contributed by atoms with E-state index in [2.05, 4.69) is 5.32 Å². The van der Waals surface area contributed by atoms with Crippen molar-refractivity contribution in [3.8, 4) is 0 Å². The molecule has 1 aliphatic heterocycles. The summed E-state index contributed by atoms with van der Waals surface area (Å²) in [6.07, 6.45) is 0.694. The summed E-state index contributed by atoms with van der Waals surface area (Å²) in [7, 11) is -3.51. The molecule has 0 saturated heterocycles. The largest absolute Gasteiger partial charge is 0.351 e. The van der Waals surface area contributed by atoms with Gasteiger partial charge in [0.15, 0.2) is 0 Å². The molecule has 0 aromatic heterocycles. The predicted molar refractivity (Wildman–Crippen MR) is 100 cm³/mol. The topological polar surface area (TPSA) is 66.5 Å². The first kappa shape index (κ1) is 18.0. The third-order valence-electron chi connectivity index (χ3n) is 4.02. The Kier molecular flexibility index (Phi) is 5.22. The zero-order chi connectivity index (χ0) is 18.0. The number of fused-ring (bicyclic) bond motifs is 1. The van der Waals surface area contributed by atoms with Gasteiger partial charge in [0, 0.05) is 13.1 Å². The number of benzene rings is 2. The van der Waals surface area contributed by atoms with Crippen LogP contribution in [0.3, 0.4) is 0 Å². The first-order valence-electron chi connectivity index (χ1n) is 7.70. The molecule has 1 heterocycles. The van der Waals surface area contributed by atoms with Crippen LogP contribution in [0.1, 0.15) is 15.9 Å². The van der Waals surface area contributed by atoms with E-state index >= 15 is 0 Å². The van der Waals surface area contributed by atoms with Crippen molar-refractivity contribution in [3.63, 3.8) is 0 Å². The minimum Gasteiger partial charge on any atom is -0.351 e. The van der Waals surface area contributed by atoms with Crippen LogP contribution in [0, 0.1) is 0 Å². The quantitative estimate of drug-likeness (QED) is 0.840. The smallest absolute Gasteiger partial charge is 0.252 e. The normalized spacial score (nSPS) is 13.6. The number of amides is 1. The maximum absolute atomic E-state index is 12.6. The second-order valence-electron chi connectivity index (χ2n) is 5.62. The van der Waals surface area contributed by atoms with Crippen LogP contribution in [-0.2, 0) is 16.4 Å². The van der Waals surface area contributed by atoms with Crippen LogP contribution >= 0.6 is 23.2 Å². The predicted octanol–water partition coefficient (Wildman–Crippen LogP) is 3.12. The number of halogens is 2. The van der Waals surface area contributed by atoms with Crippen molar-refractivity contribution in [1.82, 2.24) is 5.32 Å². The zero-order valence-corrected chi connectivity index (χ0v) is 15.5. The molecule has 0 unspecified atom stereocenters. The summed E-state index contributed by atoms with van der Waals surface area (Å²) < 4.78 is 26.5. The highest BCUT2D eigenvalue weighted by Crippen LogP contribution is 2.30. The molecule has 25 heavy (non-hydrogen) atoms. The molecule has 1 amide bonds. The molecule has 0 radical (unpaired) electrons. The van der Waals surface area contributed by atoms with E-state index < -0.39 is 15.9 Å². The molecule has 1 aliphatic rings. The first-order chi connectivity index (χ1) is 11.9. The van der Waals surface area contributed by atoms with E-state index in [1.54, 1.807) is 18.2 Å². The van der Waals surface area contributed by atoms with Gasteiger partial charge in [0.2, 0.25) is 10.0 Å². The van der Waals surface area contributed by atoms with Gasteiger partial charge in [0.05, 0.1) is 27.0 Å². The summed E-state index contributed by atoms with van der Waals surface area (Å²) in [5, 5.41) is 3.01. The van der Waals surface area contributed by atoms with Gasteiger partial charge in [-0.2, -0.15) is 0 Å². The second-order valence-corrected chi connectivity index (χ2v) is 8.42. The molecule has 3 rings (SSSR count). The number of nitrogens with zero attached hydrogens (tertiary/aromatic N) is 1. The third-order valence-corrected chi connectivity index (χ3v) is 6.61. The molecule has 8 heteroatoms. The van der Waals surface area contributed by atoms with Crippen LogP contribution < -0.4 is 9.62 Å². The number of anilines is 1. The summed E-state index contributed by atoms with van der Waals surface area (Å²) >= 11 is 11.9. The van der Waals surface area contributed by atoms with Crippen LogP contribution in [0.5, 0.6) is 0 Å². The monoisotopic (exact) mass is 398 g/mol. The first-order valence-corrected chi connectivity index (χ1v) is 10.1. The minimum atomic E-state index is -3.51. The van der Waals surface area contributed by atoms with E-state index in [0.29, 0.717) is 18.7 Å². The van der Waals surface area contributed by atoms with Crippen molar-refractivity contribution in [1.29, 1.82) is 0 Å². The Morgan fingerprint density at radius 3 is 2.68 bits per heavy atom. The number of carbonyl (C=O) groups is 1. The lowest BCUT2D eigenvalue weighted by Crippen LogP contribution is -2.37. The van der Waals surface area contributed by atoms with Gasteiger partial charge in [-0.25, -0.2) is 8.42 Å². The summed E-state index contributed by atoms with van der Waals surface area (Å²) in [6, 6.07) is 12.2. The number of nitrogens with one attached hydrogen (secondary N) is 1. The van der Waals surface area contributed by atoms with Crippen molar-refractivity contribution in [2.45, 2.75) is 6.42 Å². The minimum absolute atomic E-state index is 0.0112. The number of hydrogen-bond acceptors (Lipinski definition) is 3. The number of carbonyl (C=O) groups excluding carboxylic acids is 1. The van der Waals surface area contributed by atoms with E-state index in [0.717, 1.165) is 5.56 Å². The van der Waals surface area contributed by atoms with E-state index in [1.807, 2.05) is 18.2 Å². The molecule has 2 aromatic rings. The molecule has 0 bridgehead atoms. The third kappa shape index (κ3) is 3.76. The van der Waals surface area contributed by atoms with Gasteiger partial charge in [0.1, 0.15) is 0 Å². The number of hydrogen-bond donors (Lipinski definition) is 1. The van der Waals surface area contributed by atoms with E-state index in [9.17, 15) is 13.2 Å².